The van der Waals surface area contributed by atoms with E-state index in [0.717, 1.165) is 19.6 Å². The summed E-state index contributed by atoms with van der Waals surface area (Å²) < 4.78 is 5.34. The summed E-state index contributed by atoms with van der Waals surface area (Å²) in [5, 5.41) is 4.42. The maximum absolute atomic E-state index is 5.34. The van der Waals surface area contributed by atoms with Gasteiger partial charge in [-0.05, 0) is 20.8 Å². The minimum absolute atomic E-state index is 0.0605. The fraction of sp³-hybridized carbons (Fsp3) is 0.900. The molecule has 0 saturated carbocycles. The summed E-state index contributed by atoms with van der Waals surface area (Å²) in [6.07, 6.45) is 0.963. The van der Waals surface area contributed by atoms with Crippen molar-refractivity contribution in [2.24, 2.45) is 11.0 Å². The molecule has 0 aromatic rings. The van der Waals surface area contributed by atoms with Gasteiger partial charge in [0.2, 0.25) is 0 Å². The van der Waals surface area contributed by atoms with Gasteiger partial charge in [0.15, 0.2) is 0 Å². The molecule has 0 aromatic heterocycles. The van der Waals surface area contributed by atoms with Gasteiger partial charge in [-0.3, -0.25) is 0 Å². The third kappa shape index (κ3) is 3.77. The Morgan fingerprint density at radius 1 is 1.46 bits per heavy atom. The number of rotatable bonds is 1. The van der Waals surface area contributed by atoms with E-state index in [1.54, 1.807) is 0 Å². The standard InChI is InChI=1S/C10H20N2O/c1-8-7-13-6-5-9(8)11-12-10(2,3)4/h8,12H,5-7H2,1-4H3/b11-9-. The van der Waals surface area contributed by atoms with E-state index in [1.165, 1.54) is 5.71 Å². The van der Waals surface area contributed by atoms with Crippen LogP contribution in [-0.4, -0.2) is 24.5 Å². The molecule has 1 saturated heterocycles. The van der Waals surface area contributed by atoms with Gasteiger partial charge < -0.3 is 10.2 Å². The van der Waals surface area contributed by atoms with Crippen LogP contribution in [0.2, 0.25) is 0 Å². The zero-order valence-electron chi connectivity index (χ0n) is 9.05. The van der Waals surface area contributed by atoms with Crippen molar-refractivity contribution in [1.82, 2.24) is 5.43 Å². The van der Waals surface area contributed by atoms with Gasteiger partial charge in [0.1, 0.15) is 0 Å². The third-order valence-corrected chi connectivity index (χ3v) is 1.97. The van der Waals surface area contributed by atoms with Crippen LogP contribution in [0.5, 0.6) is 0 Å². The lowest BCUT2D eigenvalue weighted by molar-refractivity contribution is 0.110. The van der Waals surface area contributed by atoms with Crippen molar-refractivity contribution in [3.05, 3.63) is 0 Å². The molecule has 1 atom stereocenters. The van der Waals surface area contributed by atoms with E-state index in [9.17, 15) is 0 Å². The fourth-order valence-electron chi connectivity index (χ4n) is 1.19. The van der Waals surface area contributed by atoms with E-state index in [0.29, 0.717) is 5.92 Å². The normalized spacial score (nSPS) is 27.7. The van der Waals surface area contributed by atoms with Crippen molar-refractivity contribution < 1.29 is 4.74 Å². The molecule has 3 heteroatoms. The van der Waals surface area contributed by atoms with Crippen molar-refractivity contribution in [2.45, 2.75) is 39.7 Å². The van der Waals surface area contributed by atoms with E-state index < -0.39 is 0 Å². The van der Waals surface area contributed by atoms with Crippen LogP contribution in [0.25, 0.3) is 0 Å². The van der Waals surface area contributed by atoms with Gasteiger partial charge in [0, 0.05) is 23.6 Å². The van der Waals surface area contributed by atoms with E-state index >= 15 is 0 Å². The molecule has 76 valence electrons. The first-order chi connectivity index (χ1) is 5.99. The predicted molar refractivity (Wildman–Crippen MR) is 54.9 cm³/mol. The van der Waals surface area contributed by atoms with E-state index in [-0.39, 0.29) is 5.54 Å². The van der Waals surface area contributed by atoms with Crippen LogP contribution >= 0.6 is 0 Å². The van der Waals surface area contributed by atoms with Crippen molar-refractivity contribution in [3.8, 4) is 0 Å². The number of nitrogens with zero attached hydrogens (tertiary/aromatic N) is 1. The van der Waals surface area contributed by atoms with Crippen molar-refractivity contribution in [2.75, 3.05) is 13.2 Å². The second-order valence-electron chi connectivity index (χ2n) is 4.69. The second kappa shape index (κ2) is 4.09. The predicted octanol–water partition coefficient (Wildman–Crippen LogP) is 1.79. The quantitative estimate of drug-likeness (QED) is 0.630. The molecule has 1 aliphatic rings. The van der Waals surface area contributed by atoms with E-state index in [2.05, 4.69) is 38.2 Å². The number of hydrogen-bond donors (Lipinski definition) is 1. The Morgan fingerprint density at radius 2 is 2.15 bits per heavy atom. The molecule has 1 N–H and O–H groups in total. The summed E-state index contributed by atoms with van der Waals surface area (Å²) in [5.74, 6) is 0.462. The molecular weight excluding hydrogens is 164 g/mol. The minimum Gasteiger partial charge on any atom is -0.380 e. The molecule has 0 bridgehead atoms. The van der Waals surface area contributed by atoms with Gasteiger partial charge in [0.25, 0.3) is 0 Å². The van der Waals surface area contributed by atoms with Gasteiger partial charge in [-0.1, -0.05) is 6.92 Å². The minimum atomic E-state index is 0.0605. The van der Waals surface area contributed by atoms with Crippen LogP contribution in [0.4, 0.5) is 0 Å². The fourth-order valence-corrected chi connectivity index (χ4v) is 1.19. The average Bonchev–Trinajstić information content (AvgIpc) is 2.01. The summed E-state index contributed by atoms with van der Waals surface area (Å²) in [7, 11) is 0. The topological polar surface area (TPSA) is 33.6 Å². The Morgan fingerprint density at radius 3 is 2.69 bits per heavy atom. The Bertz CT molecular complexity index is 194. The smallest absolute Gasteiger partial charge is 0.0544 e. The van der Waals surface area contributed by atoms with E-state index in [1.807, 2.05) is 0 Å². The molecule has 1 rings (SSSR count). The zero-order valence-corrected chi connectivity index (χ0v) is 9.05. The largest absolute Gasteiger partial charge is 0.380 e. The molecule has 1 heterocycles. The van der Waals surface area contributed by atoms with Crippen molar-refractivity contribution in [3.63, 3.8) is 0 Å². The Hall–Kier alpha value is -0.570. The Balaban J connectivity index is 2.49. The van der Waals surface area contributed by atoms with Crippen LogP contribution in [0.1, 0.15) is 34.1 Å². The molecule has 1 fully saturated rings. The first-order valence-electron chi connectivity index (χ1n) is 4.90. The lowest BCUT2D eigenvalue weighted by atomic mass is 10.0. The molecule has 0 radical (unpaired) electrons. The molecule has 3 nitrogen and oxygen atoms in total. The molecule has 0 spiro atoms. The number of hydrazone groups is 1. The Labute approximate surface area is 80.5 Å². The maximum Gasteiger partial charge on any atom is 0.0544 e. The molecule has 1 unspecified atom stereocenters. The van der Waals surface area contributed by atoms with Crippen LogP contribution in [-0.2, 0) is 4.74 Å². The van der Waals surface area contributed by atoms with Gasteiger partial charge in [-0.25, -0.2) is 0 Å². The highest BCUT2D eigenvalue weighted by molar-refractivity contribution is 5.87. The lowest BCUT2D eigenvalue weighted by Gasteiger charge is -2.24. The molecular formula is C10H20N2O. The first-order valence-corrected chi connectivity index (χ1v) is 4.90. The maximum atomic E-state index is 5.34. The summed E-state index contributed by atoms with van der Waals surface area (Å²) in [5.41, 5.74) is 4.45. The third-order valence-electron chi connectivity index (χ3n) is 1.97. The van der Waals surface area contributed by atoms with Crippen LogP contribution in [0, 0.1) is 5.92 Å². The van der Waals surface area contributed by atoms with E-state index in [4.69, 9.17) is 4.74 Å². The van der Waals surface area contributed by atoms with Crippen LogP contribution < -0.4 is 5.43 Å². The highest BCUT2D eigenvalue weighted by Gasteiger charge is 2.17. The Kier molecular flexibility index (Phi) is 3.31. The van der Waals surface area contributed by atoms with Crippen molar-refractivity contribution in [1.29, 1.82) is 0 Å². The second-order valence-corrected chi connectivity index (χ2v) is 4.69. The summed E-state index contributed by atoms with van der Waals surface area (Å²) in [6.45, 7) is 10.1. The van der Waals surface area contributed by atoms with Gasteiger partial charge in [0.05, 0.1) is 13.2 Å². The number of hydrogen-bond acceptors (Lipinski definition) is 3. The monoisotopic (exact) mass is 184 g/mol. The molecule has 0 aromatic carbocycles. The lowest BCUT2D eigenvalue weighted by Crippen LogP contribution is -2.35. The molecule has 0 aliphatic carbocycles. The zero-order chi connectivity index (χ0) is 9.90. The van der Waals surface area contributed by atoms with Gasteiger partial charge in [-0.15, -0.1) is 0 Å². The molecule has 1 aliphatic heterocycles. The number of ether oxygens (including phenoxy) is 1. The molecule has 13 heavy (non-hydrogen) atoms. The first kappa shape index (κ1) is 10.5. The van der Waals surface area contributed by atoms with Crippen LogP contribution in [0.15, 0.2) is 5.10 Å². The summed E-state index contributed by atoms with van der Waals surface area (Å²) >= 11 is 0. The highest BCUT2D eigenvalue weighted by atomic mass is 16.5. The SMILES string of the molecule is CC1COCC/C1=N/NC(C)(C)C. The average molecular weight is 184 g/mol. The van der Waals surface area contributed by atoms with Gasteiger partial charge in [-0.2, -0.15) is 5.10 Å². The summed E-state index contributed by atoms with van der Waals surface area (Å²) in [4.78, 5) is 0. The van der Waals surface area contributed by atoms with Crippen LogP contribution in [0.3, 0.4) is 0 Å². The molecule has 0 amide bonds. The number of nitrogens with one attached hydrogen (secondary N) is 1. The van der Waals surface area contributed by atoms with Crippen molar-refractivity contribution >= 4 is 5.71 Å². The highest BCUT2D eigenvalue weighted by Crippen LogP contribution is 2.10. The van der Waals surface area contributed by atoms with Gasteiger partial charge >= 0.3 is 0 Å². The summed E-state index contributed by atoms with van der Waals surface area (Å²) in [6, 6.07) is 0.